The number of halogens is 3. The molecule has 0 aromatic carbocycles. The Hall–Kier alpha value is -3.08. The van der Waals surface area contributed by atoms with Gasteiger partial charge in [0.15, 0.2) is 5.69 Å². The van der Waals surface area contributed by atoms with Gasteiger partial charge in [-0.05, 0) is 44.8 Å². The number of nitrogens with zero attached hydrogens (tertiary/aromatic N) is 5. The lowest BCUT2D eigenvalue weighted by atomic mass is 9.90. The van der Waals surface area contributed by atoms with E-state index >= 15 is 0 Å². The summed E-state index contributed by atoms with van der Waals surface area (Å²) in [6, 6.07) is 0. The van der Waals surface area contributed by atoms with Gasteiger partial charge in [-0.25, -0.2) is 9.97 Å². The van der Waals surface area contributed by atoms with Crippen molar-refractivity contribution in [1.82, 2.24) is 25.3 Å². The number of ether oxygens (including phenoxy) is 1. The number of methoxy groups -OCH3 is 1. The van der Waals surface area contributed by atoms with Gasteiger partial charge >= 0.3 is 6.18 Å². The van der Waals surface area contributed by atoms with Crippen molar-refractivity contribution in [2.75, 3.05) is 25.1 Å². The molecule has 166 valence electrons. The molecule has 1 aliphatic heterocycles. The third-order valence-corrected chi connectivity index (χ3v) is 5.13. The lowest BCUT2D eigenvalue weighted by molar-refractivity contribution is -0.142. The van der Waals surface area contributed by atoms with E-state index in [-0.39, 0.29) is 11.6 Å². The molecule has 0 bridgehead atoms. The average Bonchev–Trinajstić information content (AvgIpc) is 2.77. The van der Waals surface area contributed by atoms with E-state index in [4.69, 9.17) is 4.74 Å². The monoisotopic (exact) mass is 436 g/mol. The molecular formula is C20H23F3N6O2. The Kier molecular flexibility index (Phi) is 7.16. The molecule has 1 aliphatic rings. The molecule has 0 spiro atoms. The molecule has 0 atom stereocenters. The Morgan fingerprint density at radius 1 is 1.23 bits per heavy atom. The molecule has 0 unspecified atom stereocenters. The number of anilines is 1. The predicted octanol–water partition coefficient (Wildman–Crippen LogP) is 2.86. The quantitative estimate of drug-likeness (QED) is 0.667. The maximum Gasteiger partial charge on any atom is 0.435 e. The van der Waals surface area contributed by atoms with Gasteiger partial charge in [0, 0.05) is 12.4 Å². The second-order valence-electron chi connectivity index (χ2n) is 7.11. The fourth-order valence-electron chi connectivity index (χ4n) is 3.56. The number of hydrogen-bond acceptors (Lipinski definition) is 7. The topological polar surface area (TPSA) is 93.1 Å². The Balaban J connectivity index is 2.01. The number of alkyl halides is 3. The maximum absolute atomic E-state index is 13.3. The lowest BCUT2D eigenvalue weighted by Gasteiger charge is -2.24. The molecule has 31 heavy (non-hydrogen) atoms. The van der Waals surface area contributed by atoms with Crippen molar-refractivity contribution in [2.45, 2.75) is 32.5 Å². The highest BCUT2D eigenvalue weighted by Gasteiger charge is 2.36. The van der Waals surface area contributed by atoms with E-state index in [2.05, 4.69) is 25.3 Å². The number of carbonyl (C=O) groups excluding carboxylic acids is 1. The highest BCUT2D eigenvalue weighted by Crippen LogP contribution is 2.34. The Morgan fingerprint density at radius 3 is 2.58 bits per heavy atom. The summed E-state index contributed by atoms with van der Waals surface area (Å²) in [6.07, 6.45) is 2.85. The SMILES string of the molecule is COc1ncnc(/C=C(\C)C2CCNCC2)c1N(C=O)Cc1nccnc1C(F)(F)F. The molecule has 0 radical (unpaired) electrons. The fourth-order valence-corrected chi connectivity index (χ4v) is 3.56. The van der Waals surface area contributed by atoms with Crippen molar-refractivity contribution < 1.29 is 22.7 Å². The van der Waals surface area contributed by atoms with Crippen LogP contribution in [0.5, 0.6) is 5.88 Å². The van der Waals surface area contributed by atoms with Gasteiger partial charge in [0.25, 0.3) is 0 Å². The third kappa shape index (κ3) is 5.35. The van der Waals surface area contributed by atoms with Gasteiger partial charge in [-0.3, -0.25) is 9.78 Å². The zero-order valence-electron chi connectivity index (χ0n) is 17.2. The number of aromatic nitrogens is 4. The summed E-state index contributed by atoms with van der Waals surface area (Å²) in [5.74, 6) is 0.417. The van der Waals surface area contributed by atoms with Gasteiger partial charge in [-0.2, -0.15) is 18.2 Å². The normalized spacial score (nSPS) is 15.6. The molecule has 0 aliphatic carbocycles. The summed E-state index contributed by atoms with van der Waals surface area (Å²) < 4.78 is 45.3. The van der Waals surface area contributed by atoms with Crippen LogP contribution in [0.3, 0.4) is 0 Å². The summed E-state index contributed by atoms with van der Waals surface area (Å²) in [5.41, 5.74) is 0.0722. The smallest absolute Gasteiger partial charge is 0.435 e. The van der Waals surface area contributed by atoms with E-state index in [9.17, 15) is 18.0 Å². The summed E-state index contributed by atoms with van der Waals surface area (Å²) in [7, 11) is 1.37. The zero-order valence-corrected chi connectivity index (χ0v) is 17.2. The molecule has 2 aromatic rings. The van der Waals surface area contributed by atoms with Crippen LogP contribution in [0.4, 0.5) is 18.9 Å². The van der Waals surface area contributed by atoms with Crippen molar-refractivity contribution >= 4 is 18.2 Å². The van der Waals surface area contributed by atoms with E-state index in [0.717, 1.165) is 48.8 Å². The van der Waals surface area contributed by atoms with Crippen molar-refractivity contribution in [3.05, 3.63) is 41.4 Å². The highest BCUT2D eigenvalue weighted by molar-refractivity contribution is 5.83. The Bertz CT molecular complexity index is 945. The second-order valence-corrected chi connectivity index (χ2v) is 7.11. The summed E-state index contributed by atoms with van der Waals surface area (Å²) >= 11 is 0. The van der Waals surface area contributed by atoms with Gasteiger partial charge in [0.2, 0.25) is 12.3 Å². The molecule has 11 heteroatoms. The van der Waals surface area contributed by atoms with Crippen LogP contribution in [-0.4, -0.2) is 46.5 Å². The van der Waals surface area contributed by atoms with Crippen LogP contribution in [0.2, 0.25) is 0 Å². The molecular weight excluding hydrogens is 413 g/mol. The van der Waals surface area contributed by atoms with E-state index in [1.54, 1.807) is 0 Å². The van der Waals surface area contributed by atoms with Crippen molar-refractivity contribution in [2.24, 2.45) is 5.92 Å². The molecule has 8 nitrogen and oxygen atoms in total. The number of rotatable bonds is 7. The fraction of sp³-hybridized carbons (Fsp3) is 0.450. The molecule has 2 aromatic heterocycles. The summed E-state index contributed by atoms with van der Waals surface area (Å²) in [5, 5.41) is 3.30. The second kappa shape index (κ2) is 9.82. The number of amides is 1. The minimum absolute atomic E-state index is 0.0731. The number of allylic oxidation sites excluding steroid dienone is 1. The molecule has 3 heterocycles. The molecule has 1 N–H and O–H groups in total. The molecule has 1 amide bonds. The van der Waals surface area contributed by atoms with Crippen LogP contribution in [0.1, 0.15) is 36.8 Å². The largest absolute Gasteiger partial charge is 0.479 e. The molecule has 3 rings (SSSR count). The number of piperidine rings is 1. The van der Waals surface area contributed by atoms with Gasteiger partial charge in [-0.1, -0.05) is 5.57 Å². The third-order valence-electron chi connectivity index (χ3n) is 5.13. The predicted molar refractivity (Wildman–Crippen MR) is 107 cm³/mol. The first-order valence-corrected chi connectivity index (χ1v) is 9.72. The van der Waals surface area contributed by atoms with Crippen LogP contribution in [0.25, 0.3) is 6.08 Å². The average molecular weight is 436 g/mol. The van der Waals surface area contributed by atoms with Gasteiger partial charge in [0.1, 0.15) is 12.0 Å². The number of nitrogens with one attached hydrogen (secondary N) is 1. The van der Waals surface area contributed by atoms with Crippen LogP contribution in [0.15, 0.2) is 24.3 Å². The standard InChI is InChI=1S/C20H23F3N6O2/c1-13(14-3-5-24-6-4-14)9-15-17(19(31-2)28-11-27-15)29(12-30)10-16-18(20(21,22)23)26-8-7-25-16/h7-9,11-12,14,24H,3-6,10H2,1-2H3/b13-9+. The lowest BCUT2D eigenvalue weighted by Crippen LogP contribution is -2.28. The number of hydrogen-bond donors (Lipinski definition) is 1. The zero-order chi connectivity index (χ0) is 22.4. The minimum Gasteiger partial charge on any atom is -0.479 e. The van der Waals surface area contributed by atoms with Gasteiger partial charge < -0.3 is 15.0 Å². The van der Waals surface area contributed by atoms with Crippen molar-refractivity contribution in [3.63, 3.8) is 0 Å². The molecule has 1 saturated heterocycles. The number of carbonyl (C=O) groups is 1. The first kappa shape index (κ1) is 22.6. The maximum atomic E-state index is 13.3. The molecule has 1 fully saturated rings. The van der Waals surface area contributed by atoms with Crippen LogP contribution in [-0.2, 0) is 17.5 Å². The van der Waals surface area contributed by atoms with Crippen molar-refractivity contribution in [3.8, 4) is 5.88 Å². The van der Waals surface area contributed by atoms with Crippen molar-refractivity contribution in [1.29, 1.82) is 0 Å². The van der Waals surface area contributed by atoms with Crippen LogP contribution in [0, 0.1) is 5.92 Å². The van der Waals surface area contributed by atoms with E-state index in [0.29, 0.717) is 18.0 Å². The van der Waals surface area contributed by atoms with E-state index in [1.165, 1.54) is 13.4 Å². The Morgan fingerprint density at radius 2 is 1.94 bits per heavy atom. The van der Waals surface area contributed by atoms with E-state index < -0.39 is 24.1 Å². The summed E-state index contributed by atoms with van der Waals surface area (Å²) in [4.78, 5) is 28.5. The highest BCUT2D eigenvalue weighted by atomic mass is 19.4. The van der Waals surface area contributed by atoms with Gasteiger partial charge in [-0.15, -0.1) is 0 Å². The van der Waals surface area contributed by atoms with Crippen LogP contribution < -0.4 is 15.0 Å². The minimum atomic E-state index is -4.70. The van der Waals surface area contributed by atoms with E-state index in [1.807, 2.05) is 13.0 Å². The van der Waals surface area contributed by atoms with Gasteiger partial charge in [0.05, 0.1) is 25.0 Å². The molecule has 0 saturated carbocycles. The Labute approximate surface area is 177 Å². The first-order valence-electron chi connectivity index (χ1n) is 9.72. The summed E-state index contributed by atoms with van der Waals surface area (Å²) in [6.45, 7) is 3.32. The first-order chi connectivity index (χ1) is 14.8. The van der Waals surface area contributed by atoms with Crippen LogP contribution >= 0.6 is 0 Å².